The molecule has 1 rings (SSSR count). The van der Waals surface area contributed by atoms with Crippen LogP contribution >= 0.6 is 23.5 Å². The Labute approximate surface area is 113 Å². The molecule has 0 saturated heterocycles. The fraction of sp³-hybridized carbons (Fsp3) is 0.700. The zero-order chi connectivity index (χ0) is 10.1. The molecule has 1 aliphatic heterocycles. The second kappa shape index (κ2) is 5.80. The Morgan fingerprint density at radius 1 is 1.43 bits per heavy atom. The van der Waals surface area contributed by atoms with E-state index in [9.17, 15) is 0 Å². The van der Waals surface area contributed by atoms with Crippen molar-refractivity contribution in [3.63, 3.8) is 0 Å². The molecule has 0 aromatic rings. The quantitative estimate of drug-likeness (QED) is 0.480. The van der Waals surface area contributed by atoms with Crippen molar-refractivity contribution in [2.75, 3.05) is 20.4 Å². The van der Waals surface area contributed by atoms with Gasteiger partial charge in [-0.3, -0.25) is 0 Å². The van der Waals surface area contributed by atoms with Crippen LogP contribution in [0.15, 0.2) is 10.3 Å². The van der Waals surface area contributed by atoms with Crippen LogP contribution in [0, 0.1) is 0 Å². The lowest BCUT2D eigenvalue weighted by Gasteiger charge is -2.27. The third kappa shape index (κ3) is 4.14. The monoisotopic (exact) mass is 343 g/mol. The van der Waals surface area contributed by atoms with E-state index in [0.717, 1.165) is 6.42 Å². The smallest absolute Gasteiger partial charge is 0.178 e. The summed E-state index contributed by atoms with van der Waals surface area (Å²) in [7, 11) is 4.24. The highest BCUT2D eigenvalue weighted by Gasteiger charge is 2.30. The molecule has 0 saturated carbocycles. The minimum absolute atomic E-state index is 0. The molecule has 0 fully saturated rings. The van der Waals surface area contributed by atoms with Crippen molar-refractivity contribution in [2.45, 2.75) is 25.0 Å². The van der Waals surface area contributed by atoms with Crippen LogP contribution in [-0.4, -0.2) is 35.4 Å². The van der Waals surface area contributed by atoms with E-state index in [0.29, 0.717) is 4.75 Å². The molecule has 0 atom stereocenters. The van der Waals surface area contributed by atoms with Crippen molar-refractivity contribution in [1.82, 2.24) is 0 Å². The van der Waals surface area contributed by atoms with Crippen LogP contribution in [0.3, 0.4) is 0 Å². The SMILES string of the molecule is CSC1=CC(=[N+](C)C)CC(C)(C)S1.[I-]. The molecule has 0 unspecified atom stereocenters. The molecule has 1 nitrogen and oxygen atoms in total. The Morgan fingerprint density at radius 3 is 2.43 bits per heavy atom. The van der Waals surface area contributed by atoms with Gasteiger partial charge in [-0.2, -0.15) is 0 Å². The topological polar surface area (TPSA) is 3.01 Å². The number of allylic oxidation sites excluding steroid dienone is 1. The summed E-state index contributed by atoms with van der Waals surface area (Å²) >= 11 is 3.83. The van der Waals surface area contributed by atoms with Crippen molar-refractivity contribution < 1.29 is 28.6 Å². The van der Waals surface area contributed by atoms with Gasteiger partial charge >= 0.3 is 0 Å². The summed E-state index contributed by atoms with van der Waals surface area (Å²) in [6.07, 6.45) is 5.61. The van der Waals surface area contributed by atoms with Gasteiger partial charge in [0.15, 0.2) is 5.71 Å². The van der Waals surface area contributed by atoms with Crippen molar-refractivity contribution >= 4 is 29.2 Å². The highest BCUT2D eigenvalue weighted by molar-refractivity contribution is 8.22. The maximum Gasteiger partial charge on any atom is 0.178 e. The average molecular weight is 343 g/mol. The maximum absolute atomic E-state index is 2.31. The molecule has 0 aromatic carbocycles. The first kappa shape index (κ1) is 14.8. The molecule has 14 heavy (non-hydrogen) atoms. The second-order valence-electron chi connectivity index (χ2n) is 4.09. The Bertz CT molecular complexity index is 265. The van der Waals surface area contributed by atoms with Gasteiger partial charge in [0.2, 0.25) is 0 Å². The number of nitrogens with zero attached hydrogens (tertiary/aromatic N) is 1. The zero-order valence-electron chi connectivity index (χ0n) is 9.43. The van der Waals surface area contributed by atoms with Gasteiger partial charge in [-0.05, 0) is 20.1 Å². The molecule has 0 aromatic heterocycles. The van der Waals surface area contributed by atoms with Crippen LogP contribution in [-0.2, 0) is 0 Å². The van der Waals surface area contributed by atoms with Crippen LogP contribution in [0.5, 0.6) is 0 Å². The normalized spacial score (nSPS) is 19.8. The average Bonchev–Trinajstić information content (AvgIpc) is 2.01. The first-order valence-corrected chi connectivity index (χ1v) is 6.46. The predicted molar refractivity (Wildman–Crippen MR) is 65.0 cm³/mol. The summed E-state index contributed by atoms with van der Waals surface area (Å²) in [5.74, 6) is 0. The fourth-order valence-corrected chi connectivity index (χ4v) is 3.57. The summed E-state index contributed by atoms with van der Waals surface area (Å²) in [6.45, 7) is 4.62. The Hall–Kier alpha value is 0.840. The minimum Gasteiger partial charge on any atom is -1.00 e. The lowest BCUT2D eigenvalue weighted by molar-refractivity contribution is -0.465. The largest absolute Gasteiger partial charge is 1.00 e. The Morgan fingerprint density at radius 2 is 2.00 bits per heavy atom. The van der Waals surface area contributed by atoms with Gasteiger partial charge in [-0.25, -0.2) is 4.58 Å². The molecule has 82 valence electrons. The van der Waals surface area contributed by atoms with Gasteiger partial charge in [0.25, 0.3) is 0 Å². The van der Waals surface area contributed by atoms with Crippen LogP contribution in [0.2, 0.25) is 0 Å². The molecule has 1 aliphatic rings. The van der Waals surface area contributed by atoms with Gasteiger partial charge in [0.05, 0.1) is 0 Å². The molecule has 0 aliphatic carbocycles. The van der Waals surface area contributed by atoms with Crippen LogP contribution in [0.4, 0.5) is 0 Å². The van der Waals surface area contributed by atoms with Gasteiger partial charge in [-0.15, -0.1) is 23.5 Å². The van der Waals surface area contributed by atoms with E-state index in [2.05, 4.69) is 44.9 Å². The molecular formula is C10H18INS2. The lowest BCUT2D eigenvalue weighted by Crippen LogP contribution is -3.00. The molecule has 0 amide bonds. The molecule has 4 heteroatoms. The third-order valence-corrected chi connectivity index (χ3v) is 4.33. The summed E-state index contributed by atoms with van der Waals surface area (Å²) in [5.41, 5.74) is 1.44. The molecule has 0 spiro atoms. The first-order valence-electron chi connectivity index (χ1n) is 4.42. The number of rotatable bonds is 1. The number of halogens is 1. The minimum atomic E-state index is 0. The van der Waals surface area contributed by atoms with E-state index in [-0.39, 0.29) is 24.0 Å². The van der Waals surface area contributed by atoms with E-state index in [1.54, 1.807) is 0 Å². The van der Waals surface area contributed by atoms with Crippen molar-refractivity contribution in [3.05, 3.63) is 10.3 Å². The number of thioether (sulfide) groups is 2. The van der Waals surface area contributed by atoms with Crippen molar-refractivity contribution in [3.8, 4) is 0 Å². The summed E-state index contributed by atoms with van der Waals surface area (Å²) in [5, 5.41) is 0. The van der Waals surface area contributed by atoms with E-state index in [4.69, 9.17) is 0 Å². The van der Waals surface area contributed by atoms with E-state index in [1.807, 2.05) is 23.5 Å². The summed E-state index contributed by atoms with van der Waals surface area (Å²) in [6, 6.07) is 0. The van der Waals surface area contributed by atoms with Crippen molar-refractivity contribution in [1.29, 1.82) is 0 Å². The predicted octanol–water partition coefficient (Wildman–Crippen LogP) is -0.177. The van der Waals surface area contributed by atoms with E-state index >= 15 is 0 Å². The van der Waals surface area contributed by atoms with Crippen LogP contribution < -0.4 is 24.0 Å². The molecular weight excluding hydrogens is 325 g/mol. The summed E-state index contributed by atoms with van der Waals surface area (Å²) in [4.78, 5) is 0. The van der Waals surface area contributed by atoms with Gasteiger partial charge < -0.3 is 24.0 Å². The lowest BCUT2D eigenvalue weighted by atomic mass is 10.0. The van der Waals surface area contributed by atoms with Gasteiger partial charge in [-0.1, -0.05) is 0 Å². The Kier molecular flexibility index (Phi) is 6.14. The molecule has 0 N–H and O–H groups in total. The standard InChI is InChI=1S/C10H18NS2.HI/c1-10(2)7-8(11(3)4)6-9(12-5)13-10;/h6H,7H2,1-5H3;1H/q+1;/p-1. The first-order chi connectivity index (χ1) is 5.94. The van der Waals surface area contributed by atoms with E-state index in [1.165, 1.54) is 9.95 Å². The van der Waals surface area contributed by atoms with Gasteiger partial charge in [0, 0.05) is 21.5 Å². The number of hydrogen-bond donors (Lipinski definition) is 0. The summed E-state index contributed by atoms with van der Waals surface area (Å²) < 4.78 is 4.00. The highest BCUT2D eigenvalue weighted by atomic mass is 127. The third-order valence-electron chi connectivity index (χ3n) is 2.04. The Balaban J connectivity index is 0.00000169. The van der Waals surface area contributed by atoms with Crippen molar-refractivity contribution in [2.24, 2.45) is 0 Å². The fourth-order valence-electron chi connectivity index (χ4n) is 1.35. The second-order valence-corrected chi connectivity index (χ2v) is 6.95. The maximum atomic E-state index is 2.31. The van der Waals surface area contributed by atoms with Crippen LogP contribution in [0.1, 0.15) is 20.3 Å². The van der Waals surface area contributed by atoms with E-state index < -0.39 is 0 Å². The van der Waals surface area contributed by atoms with Crippen LogP contribution in [0.25, 0.3) is 0 Å². The van der Waals surface area contributed by atoms with Gasteiger partial charge in [0.1, 0.15) is 14.1 Å². The molecule has 1 heterocycles. The zero-order valence-corrected chi connectivity index (χ0v) is 13.2. The molecule has 0 bridgehead atoms. The highest BCUT2D eigenvalue weighted by Crippen LogP contribution is 2.42. The number of hydrogen-bond acceptors (Lipinski definition) is 2. The molecule has 0 radical (unpaired) electrons.